The second kappa shape index (κ2) is 5.38. The van der Waals surface area contributed by atoms with Crippen LogP contribution < -0.4 is 0 Å². The van der Waals surface area contributed by atoms with Gasteiger partial charge in [-0.15, -0.1) is 0 Å². The molecule has 1 aromatic rings. The third-order valence-electron chi connectivity index (χ3n) is 3.74. The highest BCUT2D eigenvalue weighted by Gasteiger charge is 2.24. The maximum atomic E-state index is 11.8. The fraction of sp³-hybridized carbons (Fsp3) is 0.438. The van der Waals surface area contributed by atoms with E-state index in [-0.39, 0.29) is 5.97 Å². The van der Waals surface area contributed by atoms with Crippen LogP contribution in [0.5, 0.6) is 0 Å². The summed E-state index contributed by atoms with van der Waals surface area (Å²) < 4.78 is 4.88. The summed E-state index contributed by atoms with van der Waals surface area (Å²) in [4.78, 5) is 11.8. The largest absolute Gasteiger partial charge is 0.466 e. The molecular weight excluding hydrogens is 224 g/mol. The number of fused-ring (bicyclic) bond motifs is 1. The molecule has 0 spiro atoms. The molecule has 0 saturated carbocycles. The molecule has 1 aliphatic rings. The van der Waals surface area contributed by atoms with E-state index < -0.39 is 0 Å². The summed E-state index contributed by atoms with van der Waals surface area (Å²) in [5, 5.41) is 0. The Labute approximate surface area is 109 Å². The first-order valence-corrected chi connectivity index (χ1v) is 6.48. The molecule has 0 aliphatic heterocycles. The SMILES string of the molecule is COC(=O)C1=Cc2ccccc2CC(C(C)C)C1. The van der Waals surface area contributed by atoms with Gasteiger partial charge in [0.05, 0.1) is 7.11 Å². The summed E-state index contributed by atoms with van der Waals surface area (Å²) in [7, 11) is 1.45. The molecule has 2 nitrogen and oxygen atoms in total. The second-order valence-electron chi connectivity index (χ2n) is 5.27. The van der Waals surface area contributed by atoms with Crippen LogP contribution in [0.3, 0.4) is 0 Å². The van der Waals surface area contributed by atoms with Crippen molar-refractivity contribution >= 4 is 12.0 Å². The maximum Gasteiger partial charge on any atom is 0.333 e. The highest BCUT2D eigenvalue weighted by atomic mass is 16.5. The van der Waals surface area contributed by atoms with Gasteiger partial charge in [-0.2, -0.15) is 0 Å². The average Bonchev–Trinajstić information content (AvgIpc) is 2.57. The molecule has 2 heteroatoms. The molecule has 0 aromatic heterocycles. The van der Waals surface area contributed by atoms with E-state index in [2.05, 4.69) is 32.0 Å². The smallest absolute Gasteiger partial charge is 0.333 e. The minimum atomic E-state index is -0.197. The van der Waals surface area contributed by atoms with Crippen LogP contribution in [0.25, 0.3) is 6.08 Å². The van der Waals surface area contributed by atoms with Gasteiger partial charge in [0.2, 0.25) is 0 Å². The molecule has 0 radical (unpaired) electrons. The van der Waals surface area contributed by atoms with E-state index in [9.17, 15) is 4.79 Å². The molecule has 0 N–H and O–H groups in total. The first-order chi connectivity index (χ1) is 8.61. The molecule has 96 valence electrons. The van der Waals surface area contributed by atoms with Crippen molar-refractivity contribution in [2.75, 3.05) is 7.11 Å². The highest BCUT2D eigenvalue weighted by molar-refractivity contribution is 5.94. The van der Waals surface area contributed by atoms with Gasteiger partial charge in [-0.05, 0) is 41.9 Å². The molecule has 0 fully saturated rings. The number of hydrogen-bond donors (Lipinski definition) is 0. The van der Waals surface area contributed by atoms with Crippen LogP contribution in [-0.2, 0) is 16.0 Å². The third-order valence-corrected chi connectivity index (χ3v) is 3.74. The monoisotopic (exact) mass is 244 g/mol. The van der Waals surface area contributed by atoms with Gasteiger partial charge in [-0.3, -0.25) is 0 Å². The van der Waals surface area contributed by atoms with Gasteiger partial charge in [-0.25, -0.2) is 4.79 Å². The zero-order chi connectivity index (χ0) is 13.1. The minimum absolute atomic E-state index is 0.197. The van der Waals surface area contributed by atoms with E-state index in [0.29, 0.717) is 11.8 Å². The van der Waals surface area contributed by atoms with Crippen LogP contribution >= 0.6 is 0 Å². The number of carbonyl (C=O) groups excluding carboxylic acids is 1. The van der Waals surface area contributed by atoms with E-state index in [4.69, 9.17) is 4.74 Å². The van der Waals surface area contributed by atoms with Crippen molar-refractivity contribution in [1.82, 2.24) is 0 Å². The summed E-state index contributed by atoms with van der Waals surface area (Å²) in [5.74, 6) is 0.862. The second-order valence-corrected chi connectivity index (χ2v) is 5.27. The quantitative estimate of drug-likeness (QED) is 0.745. The first-order valence-electron chi connectivity index (χ1n) is 6.48. The van der Waals surface area contributed by atoms with Crippen LogP contribution in [0.2, 0.25) is 0 Å². The van der Waals surface area contributed by atoms with Gasteiger partial charge in [0.1, 0.15) is 0 Å². The molecule has 2 rings (SSSR count). The lowest BCUT2D eigenvalue weighted by Crippen LogP contribution is -2.15. The predicted octanol–water partition coefficient (Wildman–Crippen LogP) is 3.46. The molecule has 1 atom stereocenters. The van der Waals surface area contributed by atoms with Crippen molar-refractivity contribution in [1.29, 1.82) is 0 Å². The number of benzene rings is 1. The van der Waals surface area contributed by atoms with Gasteiger partial charge in [-0.1, -0.05) is 38.1 Å². The minimum Gasteiger partial charge on any atom is -0.466 e. The van der Waals surface area contributed by atoms with Gasteiger partial charge in [0, 0.05) is 5.57 Å². The lowest BCUT2D eigenvalue weighted by Gasteiger charge is -2.20. The lowest BCUT2D eigenvalue weighted by atomic mass is 9.85. The van der Waals surface area contributed by atoms with Crippen molar-refractivity contribution in [2.24, 2.45) is 11.8 Å². The molecule has 0 amide bonds. The molecule has 1 aromatic carbocycles. The molecule has 18 heavy (non-hydrogen) atoms. The molecule has 1 unspecified atom stereocenters. The van der Waals surface area contributed by atoms with Gasteiger partial charge < -0.3 is 4.74 Å². The molecule has 0 bridgehead atoms. The van der Waals surface area contributed by atoms with Crippen molar-refractivity contribution in [3.05, 3.63) is 41.0 Å². The summed E-state index contributed by atoms with van der Waals surface area (Å²) in [5.41, 5.74) is 3.28. The Hall–Kier alpha value is -1.57. The number of methoxy groups -OCH3 is 1. The highest BCUT2D eigenvalue weighted by Crippen LogP contribution is 2.31. The van der Waals surface area contributed by atoms with Crippen LogP contribution in [0.15, 0.2) is 29.8 Å². The van der Waals surface area contributed by atoms with Crippen molar-refractivity contribution in [2.45, 2.75) is 26.7 Å². The summed E-state index contributed by atoms with van der Waals surface area (Å²) >= 11 is 0. The Morgan fingerprint density at radius 3 is 2.67 bits per heavy atom. The molecular formula is C16H20O2. The fourth-order valence-electron chi connectivity index (χ4n) is 2.49. The number of rotatable bonds is 2. The average molecular weight is 244 g/mol. The number of hydrogen-bond acceptors (Lipinski definition) is 2. The normalized spacial score (nSPS) is 18.9. The Morgan fingerprint density at radius 2 is 2.00 bits per heavy atom. The Morgan fingerprint density at radius 1 is 1.28 bits per heavy atom. The van der Waals surface area contributed by atoms with Crippen LogP contribution in [0.4, 0.5) is 0 Å². The summed E-state index contributed by atoms with van der Waals surface area (Å²) in [6.07, 6.45) is 3.83. The Kier molecular flexibility index (Phi) is 3.85. The van der Waals surface area contributed by atoms with Gasteiger partial charge >= 0.3 is 5.97 Å². The molecule has 0 saturated heterocycles. The Balaban J connectivity index is 2.42. The van der Waals surface area contributed by atoms with Crippen molar-refractivity contribution in [3.63, 3.8) is 0 Å². The van der Waals surface area contributed by atoms with Crippen molar-refractivity contribution < 1.29 is 9.53 Å². The van der Waals surface area contributed by atoms with Crippen LogP contribution in [0.1, 0.15) is 31.4 Å². The maximum absolute atomic E-state index is 11.8. The third kappa shape index (κ3) is 2.63. The number of ether oxygens (including phenoxy) is 1. The van der Waals surface area contributed by atoms with Crippen molar-refractivity contribution in [3.8, 4) is 0 Å². The van der Waals surface area contributed by atoms with Gasteiger partial charge in [0.25, 0.3) is 0 Å². The zero-order valence-electron chi connectivity index (χ0n) is 11.3. The summed E-state index contributed by atoms with van der Waals surface area (Å²) in [6.45, 7) is 4.43. The zero-order valence-corrected chi connectivity index (χ0v) is 11.3. The predicted molar refractivity (Wildman–Crippen MR) is 73.1 cm³/mol. The number of carbonyl (C=O) groups is 1. The van der Waals surface area contributed by atoms with E-state index in [1.54, 1.807) is 0 Å². The first kappa shape index (κ1) is 12.9. The number of esters is 1. The molecule has 1 aliphatic carbocycles. The van der Waals surface area contributed by atoms with Crippen LogP contribution in [-0.4, -0.2) is 13.1 Å². The summed E-state index contributed by atoms with van der Waals surface area (Å²) in [6, 6.07) is 8.30. The van der Waals surface area contributed by atoms with Gasteiger partial charge in [0.15, 0.2) is 0 Å². The van der Waals surface area contributed by atoms with E-state index in [1.807, 2.05) is 12.1 Å². The van der Waals surface area contributed by atoms with E-state index >= 15 is 0 Å². The lowest BCUT2D eigenvalue weighted by molar-refractivity contribution is -0.136. The topological polar surface area (TPSA) is 26.3 Å². The van der Waals surface area contributed by atoms with E-state index in [0.717, 1.165) is 24.0 Å². The Bertz CT molecular complexity index is 472. The van der Waals surface area contributed by atoms with Crippen LogP contribution in [0, 0.1) is 11.8 Å². The standard InChI is InChI=1S/C16H20O2/c1-11(2)14-8-12-6-4-5-7-13(12)9-15(10-14)16(17)18-3/h4-7,9,11,14H,8,10H2,1-3H3. The fourth-order valence-corrected chi connectivity index (χ4v) is 2.49. The van der Waals surface area contributed by atoms with E-state index in [1.165, 1.54) is 12.7 Å². The molecule has 0 heterocycles.